The molecule has 112 valence electrons. The lowest BCUT2D eigenvalue weighted by atomic mass is 9.77. The highest BCUT2D eigenvalue weighted by Crippen LogP contribution is 2.32. The fourth-order valence-corrected chi connectivity index (χ4v) is 3.09. The van der Waals surface area contributed by atoms with E-state index in [1.807, 2.05) is 0 Å². The Kier molecular flexibility index (Phi) is 5.11. The maximum absolute atomic E-state index is 12.5. The van der Waals surface area contributed by atoms with Crippen LogP contribution in [0.2, 0.25) is 0 Å². The standard InChI is InChI=1S/C16H23F2NO/c1-12-3-2-8-16(9-12,11-20)19-10-13-4-6-14(7-5-13)15(17)18/h4-7,12,15,19-20H,2-3,8-11H2,1H3. The molecule has 1 aliphatic rings. The number of aliphatic hydroxyl groups is 1. The molecular formula is C16H23F2NO. The molecule has 0 spiro atoms. The minimum Gasteiger partial charge on any atom is -0.394 e. The van der Waals surface area contributed by atoms with Crippen LogP contribution in [-0.4, -0.2) is 17.3 Å². The van der Waals surface area contributed by atoms with Crippen molar-refractivity contribution in [2.45, 2.75) is 51.1 Å². The second-order valence-electron chi connectivity index (χ2n) is 6.04. The number of benzene rings is 1. The molecule has 1 aromatic carbocycles. The number of hydrogen-bond acceptors (Lipinski definition) is 2. The predicted octanol–water partition coefficient (Wildman–Crippen LogP) is 3.66. The van der Waals surface area contributed by atoms with Crippen LogP contribution in [0.25, 0.3) is 0 Å². The Morgan fingerprint density at radius 2 is 2.05 bits per heavy atom. The van der Waals surface area contributed by atoms with Gasteiger partial charge >= 0.3 is 0 Å². The summed E-state index contributed by atoms with van der Waals surface area (Å²) >= 11 is 0. The fourth-order valence-electron chi connectivity index (χ4n) is 3.09. The molecule has 1 saturated carbocycles. The van der Waals surface area contributed by atoms with E-state index < -0.39 is 6.43 Å². The highest BCUT2D eigenvalue weighted by atomic mass is 19.3. The monoisotopic (exact) mass is 283 g/mol. The summed E-state index contributed by atoms with van der Waals surface area (Å²) in [4.78, 5) is 0. The third kappa shape index (κ3) is 3.76. The zero-order valence-corrected chi connectivity index (χ0v) is 11.9. The van der Waals surface area contributed by atoms with Crippen molar-refractivity contribution < 1.29 is 13.9 Å². The third-order valence-corrected chi connectivity index (χ3v) is 4.29. The number of alkyl halides is 2. The molecule has 4 heteroatoms. The number of aliphatic hydroxyl groups excluding tert-OH is 1. The highest BCUT2D eigenvalue weighted by molar-refractivity contribution is 5.23. The van der Waals surface area contributed by atoms with Gasteiger partial charge < -0.3 is 10.4 Å². The lowest BCUT2D eigenvalue weighted by molar-refractivity contribution is 0.0982. The first-order valence-corrected chi connectivity index (χ1v) is 7.27. The van der Waals surface area contributed by atoms with Gasteiger partial charge in [0.15, 0.2) is 0 Å². The third-order valence-electron chi connectivity index (χ3n) is 4.29. The SMILES string of the molecule is CC1CCCC(CO)(NCc2ccc(C(F)F)cc2)C1. The van der Waals surface area contributed by atoms with Crippen molar-refractivity contribution >= 4 is 0 Å². The molecule has 2 unspecified atom stereocenters. The summed E-state index contributed by atoms with van der Waals surface area (Å²) in [5.41, 5.74) is 0.816. The average molecular weight is 283 g/mol. The van der Waals surface area contributed by atoms with E-state index in [1.165, 1.54) is 18.6 Å². The van der Waals surface area contributed by atoms with Gasteiger partial charge in [0, 0.05) is 17.6 Å². The Morgan fingerprint density at radius 1 is 1.35 bits per heavy atom. The van der Waals surface area contributed by atoms with Gasteiger partial charge in [-0.2, -0.15) is 0 Å². The van der Waals surface area contributed by atoms with Crippen LogP contribution in [-0.2, 0) is 6.54 Å². The van der Waals surface area contributed by atoms with Crippen molar-refractivity contribution in [2.75, 3.05) is 6.61 Å². The molecule has 1 aromatic rings. The molecule has 2 rings (SSSR count). The van der Waals surface area contributed by atoms with Gasteiger partial charge in [-0.15, -0.1) is 0 Å². The van der Waals surface area contributed by atoms with Crippen molar-refractivity contribution in [3.05, 3.63) is 35.4 Å². The lowest BCUT2D eigenvalue weighted by Gasteiger charge is -2.39. The predicted molar refractivity (Wildman–Crippen MR) is 75.7 cm³/mol. The van der Waals surface area contributed by atoms with E-state index in [0.29, 0.717) is 12.5 Å². The molecule has 0 amide bonds. The number of nitrogens with one attached hydrogen (secondary N) is 1. The number of rotatable bonds is 5. The van der Waals surface area contributed by atoms with Gasteiger partial charge in [0.25, 0.3) is 6.43 Å². The van der Waals surface area contributed by atoms with E-state index in [4.69, 9.17) is 0 Å². The average Bonchev–Trinajstić information content (AvgIpc) is 2.45. The number of hydrogen-bond donors (Lipinski definition) is 2. The highest BCUT2D eigenvalue weighted by Gasteiger charge is 2.33. The van der Waals surface area contributed by atoms with Crippen molar-refractivity contribution in [1.29, 1.82) is 0 Å². The molecule has 0 heterocycles. The van der Waals surface area contributed by atoms with E-state index in [1.54, 1.807) is 12.1 Å². The van der Waals surface area contributed by atoms with Gasteiger partial charge in [0.1, 0.15) is 0 Å². The van der Waals surface area contributed by atoms with Crippen LogP contribution in [0.1, 0.15) is 50.2 Å². The normalized spacial score (nSPS) is 26.9. The summed E-state index contributed by atoms with van der Waals surface area (Å²) < 4.78 is 25.0. The maximum atomic E-state index is 12.5. The Balaban J connectivity index is 1.96. The lowest BCUT2D eigenvalue weighted by Crippen LogP contribution is -2.51. The zero-order valence-electron chi connectivity index (χ0n) is 11.9. The fraction of sp³-hybridized carbons (Fsp3) is 0.625. The largest absolute Gasteiger partial charge is 0.394 e. The topological polar surface area (TPSA) is 32.3 Å². The first-order chi connectivity index (χ1) is 9.54. The molecule has 20 heavy (non-hydrogen) atoms. The van der Waals surface area contributed by atoms with Crippen molar-refractivity contribution in [3.63, 3.8) is 0 Å². The van der Waals surface area contributed by atoms with E-state index >= 15 is 0 Å². The molecular weight excluding hydrogens is 260 g/mol. The summed E-state index contributed by atoms with van der Waals surface area (Å²) in [6.45, 7) is 2.95. The minimum absolute atomic E-state index is 0.0527. The Hall–Kier alpha value is -1.00. The van der Waals surface area contributed by atoms with Gasteiger partial charge in [0.2, 0.25) is 0 Å². The van der Waals surface area contributed by atoms with E-state index in [-0.39, 0.29) is 17.7 Å². The Morgan fingerprint density at radius 3 is 2.60 bits per heavy atom. The molecule has 1 aliphatic carbocycles. The smallest absolute Gasteiger partial charge is 0.263 e. The molecule has 1 fully saturated rings. The summed E-state index contributed by atoms with van der Waals surface area (Å²) in [5.74, 6) is 0.615. The van der Waals surface area contributed by atoms with Crippen LogP contribution < -0.4 is 5.32 Å². The first-order valence-electron chi connectivity index (χ1n) is 7.27. The quantitative estimate of drug-likeness (QED) is 0.864. The van der Waals surface area contributed by atoms with Gasteiger partial charge in [-0.05, 0) is 24.3 Å². The second kappa shape index (κ2) is 6.64. The van der Waals surface area contributed by atoms with Crippen LogP contribution in [0.3, 0.4) is 0 Å². The van der Waals surface area contributed by atoms with E-state index in [0.717, 1.165) is 24.8 Å². The van der Waals surface area contributed by atoms with Gasteiger partial charge in [0.05, 0.1) is 6.61 Å². The zero-order chi connectivity index (χ0) is 14.6. The molecule has 0 aliphatic heterocycles. The first kappa shape index (κ1) is 15.4. The Bertz CT molecular complexity index is 421. The molecule has 0 radical (unpaired) electrons. The molecule has 2 nitrogen and oxygen atoms in total. The molecule has 2 atom stereocenters. The summed E-state index contributed by atoms with van der Waals surface area (Å²) in [7, 11) is 0. The molecule has 0 bridgehead atoms. The summed E-state index contributed by atoms with van der Waals surface area (Å²) in [6, 6.07) is 6.39. The van der Waals surface area contributed by atoms with Crippen molar-refractivity contribution in [1.82, 2.24) is 5.32 Å². The van der Waals surface area contributed by atoms with Crippen LogP contribution in [0, 0.1) is 5.92 Å². The molecule has 0 saturated heterocycles. The van der Waals surface area contributed by atoms with Crippen molar-refractivity contribution in [3.8, 4) is 0 Å². The molecule has 2 N–H and O–H groups in total. The summed E-state index contributed by atoms with van der Waals surface area (Å²) in [6.07, 6.45) is 1.87. The van der Waals surface area contributed by atoms with Crippen LogP contribution in [0.4, 0.5) is 8.78 Å². The Labute approximate surface area is 119 Å². The van der Waals surface area contributed by atoms with Gasteiger partial charge in [-0.3, -0.25) is 0 Å². The van der Waals surface area contributed by atoms with E-state index in [2.05, 4.69) is 12.2 Å². The van der Waals surface area contributed by atoms with E-state index in [9.17, 15) is 13.9 Å². The number of halogens is 2. The summed E-state index contributed by atoms with van der Waals surface area (Å²) in [5, 5.41) is 13.1. The van der Waals surface area contributed by atoms with Crippen molar-refractivity contribution in [2.24, 2.45) is 5.92 Å². The maximum Gasteiger partial charge on any atom is 0.263 e. The van der Waals surface area contributed by atoms with Gasteiger partial charge in [-0.1, -0.05) is 44.0 Å². The van der Waals surface area contributed by atoms with Gasteiger partial charge in [-0.25, -0.2) is 8.78 Å². The minimum atomic E-state index is -2.42. The van der Waals surface area contributed by atoms with Crippen LogP contribution in [0.5, 0.6) is 0 Å². The molecule has 0 aromatic heterocycles. The van der Waals surface area contributed by atoms with Crippen LogP contribution in [0.15, 0.2) is 24.3 Å². The van der Waals surface area contributed by atoms with Crippen LogP contribution >= 0.6 is 0 Å². The second-order valence-corrected chi connectivity index (χ2v) is 6.04.